The van der Waals surface area contributed by atoms with Gasteiger partial charge in [-0.3, -0.25) is 4.79 Å². The predicted molar refractivity (Wildman–Crippen MR) is 100.0 cm³/mol. The number of hydrogen-bond acceptors (Lipinski definition) is 2. The number of rotatable bonds is 4. The lowest BCUT2D eigenvalue weighted by Gasteiger charge is -2.28. The van der Waals surface area contributed by atoms with Crippen LogP contribution in [0, 0.1) is 5.92 Å². The van der Waals surface area contributed by atoms with E-state index in [1.54, 1.807) is 0 Å². The van der Waals surface area contributed by atoms with E-state index in [1.807, 2.05) is 0 Å². The van der Waals surface area contributed by atoms with Crippen LogP contribution in [-0.4, -0.2) is 5.91 Å². The van der Waals surface area contributed by atoms with Gasteiger partial charge in [0.2, 0.25) is 5.91 Å². The van der Waals surface area contributed by atoms with E-state index in [0.29, 0.717) is 12.5 Å². The van der Waals surface area contributed by atoms with Crippen molar-refractivity contribution in [3.63, 3.8) is 0 Å². The summed E-state index contributed by atoms with van der Waals surface area (Å²) in [6.45, 7) is 2.55. The second kappa shape index (κ2) is 7.40. The molecule has 1 aliphatic carbocycles. The molecule has 1 saturated carbocycles. The average molecular weight is 334 g/mol. The molecule has 0 atom stereocenters. The van der Waals surface area contributed by atoms with Crippen LogP contribution in [0.3, 0.4) is 0 Å². The SMILES string of the molecule is O=C(NCc1ccc2c(c1)CNC2)C1CCC(c2ccccc2)CC1. The lowest BCUT2D eigenvalue weighted by molar-refractivity contribution is -0.126. The molecule has 1 amide bonds. The third-order valence-electron chi connectivity index (χ3n) is 5.74. The first-order valence-corrected chi connectivity index (χ1v) is 9.43. The van der Waals surface area contributed by atoms with Crippen molar-refractivity contribution in [1.82, 2.24) is 10.6 Å². The van der Waals surface area contributed by atoms with Crippen LogP contribution < -0.4 is 10.6 Å². The first kappa shape index (κ1) is 16.3. The van der Waals surface area contributed by atoms with Gasteiger partial charge in [-0.2, -0.15) is 0 Å². The summed E-state index contributed by atoms with van der Waals surface area (Å²) < 4.78 is 0. The molecule has 2 aromatic carbocycles. The van der Waals surface area contributed by atoms with Gasteiger partial charge in [-0.05, 0) is 53.9 Å². The number of fused-ring (bicyclic) bond motifs is 1. The number of benzene rings is 2. The number of carbonyl (C=O) groups excluding carboxylic acids is 1. The number of carbonyl (C=O) groups is 1. The molecular weight excluding hydrogens is 308 g/mol. The highest BCUT2D eigenvalue weighted by molar-refractivity contribution is 5.78. The lowest BCUT2D eigenvalue weighted by atomic mass is 9.78. The third-order valence-corrected chi connectivity index (χ3v) is 5.74. The molecule has 3 nitrogen and oxygen atoms in total. The zero-order valence-electron chi connectivity index (χ0n) is 14.6. The van der Waals surface area contributed by atoms with Gasteiger partial charge in [0.25, 0.3) is 0 Å². The van der Waals surface area contributed by atoms with Gasteiger partial charge < -0.3 is 10.6 Å². The molecule has 1 aliphatic heterocycles. The maximum Gasteiger partial charge on any atom is 0.223 e. The largest absolute Gasteiger partial charge is 0.352 e. The van der Waals surface area contributed by atoms with E-state index in [-0.39, 0.29) is 11.8 Å². The van der Waals surface area contributed by atoms with Crippen LogP contribution in [0.25, 0.3) is 0 Å². The molecule has 0 unspecified atom stereocenters. The minimum Gasteiger partial charge on any atom is -0.352 e. The normalized spacial score (nSPS) is 22.4. The molecule has 2 aromatic rings. The van der Waals surface area contributed by atoms with E-state index in [1.165, 1.54) is 22.3 Å². The Balaban J connectivity index is 1.28. The Kier molecular flexibility index (Phi) is 4.84. The number of nitrogens with one attached hydrogen (secondary N) is 2. The van der Waals surface area contributed by atoms with Crippen molar-refractivity contribution in [3.8, 4) is 0 Å². The van der Waals surface area contributed by atoms with Gasteiger partial charge in [-0.1, -0.05) is 48.5 Å². The van der Waals surface area contributed by atoms with Crippen LogP contribution in [0.15, 0.2) is 48.5 Å². The molecule has 25 heavy (non-hydrogen) atoms. The fraction of sp³-hybridized carbons (Fsp3) is 0.409. The molecule has 130 valence electrons. The summed E-state index contributed by atoms with van der Waals surface area (Å²) in [5.41, 5.74) is 5.38. The minimum absolute atomic E-state index is 0.177. The van der Waals surface area contributed by atoms with Gasteiger partial charge in [-0.25, -0.2) is 0 Å². The summed E-state index contributed by atoms with van der Waals surface area (Å²) in [5.74, 6) is 1.02. The smallest absolute Gasteiger partial charge is 0.223 e. The van der Waals surface area contributed by atoms with E-state index in [4.69, 9.17) is 0 Å². The van der Waals surface area contributed by atoms with Gasteiger partial charge in [0, 0.05) is 25.6 Å². The lowest BCUT2D eigenvalue weighted by Crippen LogP contribution is -2.32. The Morgan fingerprint density at radius 1 is 0.960 bits per heavy atom. The molecule has 1 heterocycles. The highest BCUT2D eigenvalue weighted by Gasteiger charge is 2.26. The van der Waals surface area contributed by atoms with Crippen LogP contribution in [0.1, 0.15) is 53.9 Å². The molecule has 0 aromatic heterocycles. The summed E-state index contributed by atoms with van der Waals surface area (Å²) in [6, 6.07) is 17.3. The monoisotopic (exact) mass is 334 g/mol. The fourth-order valence-electron chi connectivity index (χ4n) is 4.21. The first-order valence-electron chi connectivity index (χ1n) is 9.43. The Bertz CT molecular complexity index is 733. The molecular formula is C22H26N2O. The standard InChI is InChI=1S/C22H26N2O/c25-22(24-13-16-6-7-20-14-23-15-21(20)12-16)19-10-8-18(9-11-19)17-4-2-1-3-5-17/h1-7,12,18-19,23H,8-11,13-15H2,(H,24,25). The summed E-state index contributed by atoms with van der Waals surface area (Å²) in [7, 11) is 0. The zero-order chi connectivity index (χ0) is 17.1. The van der Waals surface area contributed by atoms with E-state index in [9.17, 15) is 4.79 Å². The molecule has 0 spiro atoms. The van der Waals surface area contributed by atoms with Crippen molar-refractivity contribution < 1.29 is 4.79 Å². The molecule has 2 aliphatic rings. The van der Waals surface area contributed by atoms with E-state index in [2.05, 4.69) is 59.2 Å². The fourth-order valence-corrected chi connectivity index (χ4v) is 4.21. The van der Waals surface area contributed by atoms with Crippen molar-refractivity contribution in [2.24, 2.45) is 5.92 Å². The van der Waals surface area contributed by atoms with Crippen LogP contribution in [0.4, 0.5) is 0 Å². The number of hydrogen-bond donors (Lipinski definition) is 2. The molecule has 1 fully saturated rings. The van der Waals surface area contributed by atoms with Gasteiger partial charge in [0.1, 0.15) is 0 Å². The maximum atomic E-state index is 12.5. The first-order chi connectivity index (χ1) is 12.3. The minimum atomic E-state index is 0.177. The van der Waals surface area contributed by atoms with Crippen LogP contribution in [0.2, 0.25) is 0 Å². The summed E-state index contributed by atoms with van der Waals surface area (Å²) in [5, 5.41) is 6.52. The topological polar surface area (TPSA) is 41.1 Å². The van der Waals surface area contributed by atoms with Crippen molar-refractivity contribution in [2.75, 3.05) is 0 Å². The Labute approximate surface area is 149 Å². The summed E-state index contributed by atoms with van der Waals surface area (Å²) >= 11 is 0. The van der Waals surface area contributed by atoms with Crippen molar-refractivity contribution in [2.45, 2.75) is 51.2 Å². The van der Waals surface area contributed by atoms with Gasteiger partial charge in [0.05, 0.1) is 0 Å². The Morgan fingerprint density at radius 2 is 1.72 bits per heavy atom. The van der Waals surface area contributed by atoms with E-state index >= 15 is 0 Å². The Hall–Kier alpha value is -2.13. The van der Waals surface area contributed by atoms with Crippen LogP contribution in [-0.2, 0) is 24.4 Å². The quantitative estimate of drug-likeness (QED) is 0.891. The van der Waals surface area contributed by atoms with E-state index < -0.39 is 0 Å². The molecule has 0 radical (unpaired) electrons. The molecule has 3 heteroatoms. The van der Waals surface area contributed by atoms with Crippen molar-refractivity contribution >= 4 is 5.91 Å². The maximum absolute atomic E-state index is 12.5. The van der Waals surface area contributed by atoms with E-state index in [0.717, 1.165) is 38.8 Å². The van der Waals surface area contributed by atoms with Crippen molar-refractivity contribution in [3.05, 3.63) is 70.8 Å². The van der Waals surface area contributed by atoms with Crippen molar-refractivity contribution in [1.29, 1.82) is 0 Å². The highest BCUT2D eigenvalue weighted by atomic mass is 16.1. The molecule has 4 rings (SSSR count). The molecule has 2 N–H and O–H groups in total. The Morgan fingerprint density at radius 3 is 2.52 bits per heavy atom. The molecule has 0 saturated heterocycles. The second-order valence-corrected chi connectivity index (χ2v) is 7.38. The van der Waals surface area contributed by atoms with Crippen LogP contribution in [0.5, 0.6) is 0 Å². The summed E-state index contributed by atoms with van der Waals surface area (Å²) in [4.78, 5) is 12.5. The highest BCUT2D eigenvalue weighted by Crippen LogP contribution is 2.35. The van der Waals surface area contributed by atoms with Crippen LogP contribution >= 0.6 is 0 Å². The van der Waals surface area contributed by atoms with Gasteiger partial charge in [0.15, 0.2) is 0 Å². The molecule has 0 bridgehead atoms. The predicted octanol–water partition coefficient (Wildman–Crippen LogP) is 3.88. The zero-order valence-corrected chi connectivity index (χ0v) is 14.6. The number of amides is 1. The van der Waals surface area contributed by atoms with Gasteiger partial charge in [-0.15, -0.1) is 0 Å². The van der Waals surface area contributed by atoms with Gasteiger partial charge >= 0.3 is 0 Å². The second-order valence-electron chi connectivity index (χ2n) is 7.38. The third kappa shape index (κ3) is 3.77. The average Bonchev–Trinajstić information content (AvgIpc) is 3.15. The summed E-state index contributed by atoms with van der Waals surface area (Å²) in [6.07, 6.45) is 4.23.